The molecule has 0 bridgehead atoms. The Balaban J connectivity index is 2.00. The molecule has 0 saturated carbocycles. The number of benzene rings is 1. The second kappa shape index (κ2) is 8.84. The predicted molar refractivity (Wildman–Crippen MR) is 100 cm³/mol. The summed E-state index contributed by atoms with van der Waals surface area (Å²) in [6, 6.07) is 6.69. The van der Waals surface area contributed by atoms with Gasteiger partial charge in [0.05, 0.1) is 0 Å². The fourth-order valence-corrected chi connectivity index (χ4v) is 4.65. The van der Waals surface area contributed by atoms with Crippen LogP contribution in [0.4, 0.5) is 10.5 Å². The van der Waals surface area contributed by atoms with E-state index in [0.717, 1.165) is 0 Å². The van der Waals surface area contributed by atoms with Crippen molar-refractivity contribution in [1.82, 2.24) is 13.5 Å². The standard InChI is InChI=1S/C16H25ClN4O3S/c1-3-20(4-2)25(23,24)21-10-6-9-19(11-12-21)16(22)18-15-8-5-7-14(17)13-15/h5,7-8,13H,3-4,6,9-12H2,1-2H3,(H,18,22). The van der Waals surface area contributed by atoms with E-state index in [1.165, 1.54) is 8.61 Å². The lowest BCUT2D eigenvalue weighted by atomic mass is 10.3. The highest BCUT2D eigenvalue weighted by Gasteiger charge is 2.30. The van der Waals surface area contributed by atoms with Crippen LogP contribution in [0, 0.1) is 0 Å². The Morgan fingerprint density at radius 1 is 1.20 bits per heavy atom. The highest BCUT2D eigenvalue weighted by molar-refractivity contribution is 7.86. The van der Waals surface area contributed by atoms with Crippen LogP contribution in [0.2, 0.25) is 5.02 Å². The van der Waals surface area contributed by atoms with Crippen molar-refractivity contribution < 1.29 is 13.2 Å². The molecular formula is C16H25ClN4O3S. The zero-order valence-corrected chi connectivity index (χ0v) is 16.2. The van der Waals surface area contributed by atoms with Gasteiger partial charge in [-0.15, -0.1) is 0 Å². The van der Waals surface area contributed by atoms with Crippen LogP contribution in [-0.4, -0.2) is 67.2 Å². The minimum atomic E-state index is -3.47. The second-order valence-corrected chi connectivity index (χ2v) is 8.14. The van der Waals surface area contributed by atoms with E-state index < -0.39 is 10.2 Å². The smallest absolute Gasteiger partial charge is 0.321 e. The van der Waals surface area contributed by atoms with Crippen molar-refractivity contribution in [3.8, 4) is 0 Å². The van der Waals surface area contributed by atoms with Gasteiger partial charge in [-0.25, -0.2) is 4.79 Å². The summed E-state index contributed by atoms with van der Waals surface area (Å²) in [7, 11) is -3.47. The molecule has 0 aromatic heterocycles. The molecule has 1 saturated heterocycles. The SMILES string of the molecule is CCN(CC)S(=O)(=O)N1CCCN(C(=O)Nc2cccc(Cl)c2)CC1. The van der Waals surface area contributed by atoms with Crippen LogP contribution in [0.3, 0.4) is 0 Å². The summed E-state index contributed by atoms with van der Waals surface area (Å²) in [4.78, 5) is 14.1. The number of hydrogen-bond donors (Lipinski definition) is 1. The van der Waals surface area contributed by atoms with Crippen LogP contribution < -0.4 is 5.32 Å². The Labute approximate surface area is 154 Å². The molecule has 0 radical (unpaired) electrons. The van der Waals surface area contributed by atoms with Gasteiger partial charge in [0.25, 0.3) is 10.2 Å². The van der Waals surface area contributed by atoms with Crippen LogP contribution in [0.1, 0.15) is 20.3 Å². The van der Waals surface area contributed by atoms with Gasteiger partial charge in [-0.3, -0.25) is 0 Å². The lowest BCUT2D eigenvalue weighted by Crippen LogP contribution is -2.45. The molecule has 1 aliphatic heterocycles. The van der Waals surface area contributed by atoms with E-state index in [1.807, 2.05) is 13.8 Å². The van der Waals surface area contributed by atoms with Gasteiger partial charge in [-0.1, -0.05) is 31.5 Å². The van der Waals surface area contributed by atoms with Crippen LogP contribution in [0.25, 0.3) is 0 Å². The Hall–Kier alpha value is -1.35. The zero-order chi connectivity index (χ0) is 18.4. The van der Waals surface area contributed by atoms with E-state index in [9.17, 15) is 13.2 Å². The Morgan fingerprint density at radius 3 is 2.56 bits per heavy atom. The topological polar surface area (TPSA) is 73.0 Å². The van der Waals surface area contributed by atoms with Crippen molar-refractivity contribution in [3.63, 3.8) is 0 Å². The summed E-state index contributed by atoms with van der Waals surface area (Å²) in [5.74, 6) is 0. The molecule has 0 spiro atoms. The van der Waals surface area contributed by atoms with Crippen molar-refractivity contribution >= 4 is 33.5 Å². The van der Waals surface area contributed by atoms with E-state index in [4.69, 9.17) is 11.6 Å². The van der Waals surface area contributed by atoms with Crippen LogP contribution in [0.5, 0.6) is 0 Å². The molecule has 1 N–H and O–H groups in total. The lowest BCUT2D eigenvalue weighted by Gasteiger charge is -2.27. The van der Waals surface area contributed by atoms with Gasteiger partial charge in [0.1, 0.15) is 0 Å². The first-order chi connectivity index (χ1) is 11.9. The maximum absolute atomic E-state index is 12.6. The molecule has 0 atom stereocenters. The Kier molecular flexibility index (Phi) is 7.06. The highest BCUT2D eigenvalue weighted by atomic mass is 35.5. The van der Waals surface area contributed by atoms with E-state index in [-0.39, 0.29) is 6.03 Å². The van der Waals surface area contributed by atoms with Gasteiger partial charge < -0.3 is 10.2 Å². The molecule has 0 aliphatic carbocycles. The average Bonchev–Trinajstić information content (AvgIpc) is 2.82. The average molecular weight is 389 g/mol. The van der Waals surface area contributed by atoms with Crippen molar-refractivity contribution in [3.05, 3.63) is 29.3 Å². The lowest BCUT2D eigenvalue weighted by molar-refractivity contribution is 0.214. The number of nitrogens with zero attached hydrogens (tertiary/aromatic N) is 3. The number of halogens is 1. The zero-order valence-electron chi connectivity index (χ0n) is 14.6. The van der Waals surface area contributed by atoms with Gasteiger partial charge in [-0.2, -0.15) is 17.0 Å². The monoisotopic (exact) mass is 388 g/mol. The van der Waals surface area contributed by atoms with E-state index >= 15 is 0 Å². The van der Waals surface area contributed by atoms with E-state index in [0.29, 0.717) is 56.4 Å². The third-order valence-corrected chi connectivity index (χ3v) is 6.60. The number of carbonyl (C=O) groups is 1. The summed E-state index contributed by atoms with van der Waals surface area (Å²) in [6.07, 6.45) is 0.601. The number of urea groups is 1. The highest BCUT2D eigenvalue weighted by Crippen LogP contribution is 2.17. The molecule has 7 nitrogen and oxygen atoms in total. The first-order valence-electron chi connectivity index (χ1n) is 8.45. The first kappa shape index (κ1) is 20.0. The molecular weight excluding hydrogens is 364 g/mol. The van der Waals surface area contributed by atoms with Gasteiger partial charge in [0.15, 0.2) is 0 Å². The molecule has 140 valence electrons. The number of hydrogen-bond acceptors (Lipinski definition) is 3. The van der Waals surface area contributed by atoms with Crippen molar-refractivity contribution in [2.45, 2.75) is 20.3 Å². The maximum Gasteiger partial charge on any atom is 0.321 e. The minimum Gasteiger partial charge on any atom is -0.323 e. The Morgan fingerprint density at radius 2 is 1.92 bits per heavy atom. The largest absolute Gasteiger partial charge is 0.323 e. The van der Waals surface area contributed by atoms with E-state index in [2.05, 4.69) is 5.32 Å². The van der Waals surface area contributed by atoms with Gasteiger partial charge in [0.2, 0.25) is 0 Å². The molecule has 25 heavy (non-hydrogen) atoms. The fraction of sp³-hybridized carbons (Fsp3) is 0.562. The normalized spacial score (nSPS) is 16.7. The van der Waals surface area contributed by atoms with Gasteiger partial charge >= 0.3 is 6.03 Å². The first-order valence-corrected chi connectivity index (χ1v) is 10.2. The fourth-order valence-electron chi connectivity index (χ4n) is 2.81. The Bertz CT molecular complexity index is 694. The summed E-state index contributed by atoms with van der Waals surface area (Å²) in [6.45, 7) is 6.10. The van der Waals surface area contributed by atoms with Gasteiger partial charge in [-0.05, 0) is 24.6 Å². The van der Waals surface area contributed by atoms with Crippen molar-refractivity contribution in [2.75, 3.05) is 44.6 Å². The third kappa shape index (κ3) is 5.07. The van der Waals surface area contributed by atoms with Crippen LogP contribution >= 0.6 is 11.6 Å². The molecule has 1 aromatic rings. The number of anilines is 1. The number of amides is 2. The number of carbonyl (C=O) groups excluding carboxylic acids is 1. The number of nitrogens with one attached hydrogen (secondary N) is 1. The summed E-state index contributed by atoms with van der Waals surface area (Å²) < 4.78 is 28.2. The molecule has 1 fully saturated rings. The summed E-state index contributed by atoms with van der Waals surface area (Å²) in [5.41, 5.74) is 0.620. The molecule has 9 heteroatoms. The quantitative estimate of drug-likeness (QED) is 0.842. The number of rotatable bonds is 5. The van der Waals surface area contributed by atoms with Gasteiger partial charge in [0, 0.05) is 50.0 Å². The molecule has 0 unspecified atom stereocenters. The summed E-state index contributed by atoms with van der Waals surface area (Å²) in [5, 5.41) is 3.35. The van der Waals surface area contributed by atoms with Crippen LogP contribution in [0.15, 0.2) is 24.3 Å². The third-order valence-electron chi connectivity index (χ3n) is 4.18. The predicted octanol–water partition coefficient (Wildman–Crippen LogP) is 2.47. The van der Waals surface area contributed by atoms with Crippen molar-refractivity contribution in [2.24, 2.45) is 0 Å². The molecule has 1 heterocycles. The van der Waals surface area contributed by atoms with E-state index in [1.54, 1.807) is 29.2 Å². The maximum atomic E-state index is 12.6. The minimum absolute atomic E-state index is 0.246. The molecule has 1 aromatic carbocycles. The van der Waals surface area contributed by atoms with Crippen LogP contribution in [-0.2, 0) is 10.2 Å². The molecule has 1 aliphatic rings. The molecule has 2 rings (SSSR count). The van der Waals surface area contributed by atoms with Crippen molar-refractivity contribution in [1.29, 1.82) is 0 Å². The molecule has 2 amide bonds. The second-order valence-electron chi connectivity index (χ2n) is 5.77. The summed E-state index contributed by atoms with van der Waals surface area (Å²) >= 11 is 5.92.